The minimum Gasteiger partial charge on any atom is -0.510 e. The third-order valence-corrected chi connectivity index (χ3v) is 16.3. The first-order valence-electron chi connectivity index (χ1n) is 33.3. The van der Waals surface area contributed by atoms with Crippen molar-refractivity contribution in [1.29, 1.82) is 0 Å². The Labute approximate surface area is 523 Å². The molecule has 16 rings (SSSR count). The van der Waals surface area contributed by atoms with E-state index in [-0.39, 0.29) is 54.3 Å². The molecule has 0 N–H and O–H groups in total. The van der Waals surface area contributed by atoms with E-state index in [0.717, 1.165) is 82.9 Å². The van der Waals surface area contributed by atoms with Gasteiger partial charge in [0.05, 0.1) is 23.6 Å². The first-order chi connectivity index (χ1) is 45.6. The summed E-state index contributed by atoms with van der Waals surface area (Å²) in [5, 5.41) is 3.87. The normalized spacial score (nSPS) is 14.1. The van der Waals surface area contributed by atoms with Gasteiger partial charge in [0.15, 0.2) is 0 Å². The number of aromatic nitrogens is 4. The van der Waals surface area contributed by atoms with Crippen LogP contribution in [0.5, 0.6) is 11.5 Å². The van der Waals surface area contributed by atoms with Crippen molar-refractivity contribution >= 4 is 54.8 Å². The van der Waals surface area contributed by atoms with E-state index in [9.17, 15) is 2.74 Å². The molecule has 0 aliphatic carbocycles. The SMILES string of the molecule is [2H]c1c([2H])c([2H])c(-c2cccc3c2-[n+]2[c-]n(-c4[c-]c(Oc5[c-]c6c(cc5)c5ccccc5n6-c5cc(C(C)(C)C)ccn5)ccc4)c4cc(-c5ccc6oc7ccccc7c6c5)cc(c42)-c2ccccc2-c2ccc(-c4c(C([2H])([2H])[2H])cccc4C([2H])([2H])[2H])cc2-3)c([2H])c1[2H].[Pt]. The number of para-hydroxylation sites is 3. The third kappa shape index (κ3) is 8.57. The van der Waals surface area contributed by atoms with Gasteiger partial charge in [-0.25, -0.2) is 4.98 Å². The van der Waals surface area contributed by atoms with Crippen LogP contribution in [0.3, 0.4) is 0 Å². The molecule has 0 saturated carbocycles. The fourth-order valence-corrected chi connectivity index (χ4v) is 12.3. The van der Waals surface area contributed by atoms with Crippen molar-refractivity contribution in [1.82, 2.24) is 14.1 Å². The standard InChI is InChI=1S/C78H54N4O2.Pt/c1-48-18-15-19-49(2)75(48)52-32-35-61-59-24-9-10-25-60(59)68-42-53(51-33-37-73-67(40-51)64-27-12-14-31-72(64)84-73)43-71-77(68)81(76-58(50-20-7-6-8-21-50)28-17-29-65(76)66(61)41-52)47-80(71)55-22-16-23-56(45-55)83-57-34-36-63-62-26-11-13-30-69(62)82(70(63)46-57)74-44-54(38-39-79-74)78(3,4)5;/h6-44H,1-5H3;/q-2;/i1D3,2D3,6D,7D,8D,20D,21D;. The van der Waals surface area contributed by atoms with Crippen LogP contribution in [0.2, 0.25) is 0 Å². The molecule has 0 spiro atoms. The molecule has 1 aliphatic heterocycles. The summed E-state index contributed by atoms with van der Waals surface area (Å²) in [6, 6.07) is 67.9. The maximum atomic E-state index is 9.58. The van der Waals surface area contributed by atoms with Gasteiger partial charge in [-0.3, -0.25) is 4.57 Å². The Morgan fingerprint density at radius 2 is 1.22 bits per heavy atom. The smallest absolute Gasteiger partial charge is 0.268 e. The molecule has 85 heavy (non-hydrogen) atoms. The predicted molar refractivity (Wildman–Crippen MR) is 342 cm³/mol. The number of fused-ring (bicyclic) bond motifs is 13. The van der Waals surface area contributed by atoms with Gasteiger partial charge in [0.25, 0.3) is 6.33 Å². The first-order valence-corrected chi connectivity index (χ1v) is 27.8. The van der Waals surface area contributed by atoms with Crippen LogP contribution in [-0.4, -0.2) is 14.1 Å². The van der Waals surface area contributed by atoms with E-state index in [2.05, 4.69) is 80.2 Å². The van der Waals surface area contributed by atoms with Crippen LogP contribution < -0.4 is 9.30 Å². The van der Waals surface area contributed by atoms with Gasteiger partial charge in [0, 0.05) is 63.3 Å². The number of nitrogens with zero attached hydrogens (tertiary/aromatic N) is 4. The summed E-state index contributed by atoms with van der Waals surface area (Å²) in [4.78, 5) is 4.89. The molecule has 0 atom stereocenters. The Morgan fingerprint density at radius 1 is 0.529 bits per heavy atom. The molecule has 0 bridgehead atoms. The minimum absolute atomic E-state index is 0. The third-order valence-electron chi connectivity index (χ3n) is 16.3. The van der Waals surface area contributed by atoms with E-state index < -0.39 is 43.9 Å². The molecule has 0 amide bonds. The number of hydrogen-bond acceptors (Lipinski definition) is 3. The fourth-order valence-electron chi connectivity index (χ4n) is 12.3. The van der Waals surface area contributed by atoms with Gasteiger partial charge in [-0.1, -0.05) is 178 Å². The molecule has 7 heteroatoms. The Morgan fingerprint density at radius 3 is 2.06 bits per heavy atom. The zero-order valence-electron chi connectivity index (χ0n) is 57.1. The van der Waals surface area contributed by atoms with Crippen LogP contribution in [0, 0.1) is 32.2 Å². The van der Waals surface area contributed by atoms with E-state index in [0.29, 0.717) is 56.2 Å². The van der Waals surface area contributed by atoms with Gasteiger partial charge in [-0.05, 0) is 162 Å². The maximum Gasteiger partial charge on any atom is 0.268 e. The van der Waals surface area contributed by atoms with Gasteiger partial charge in [0.2, 0.25) is 0 Å². The molecule has 0 saturated heterocycles. The van der Waals surface area contributed by atoms with E-state index in [1.807, 2.05) is 137 Å². The first kappa shape index (κ1) is 41.2. The summed E-state index contributed by atoms with van der Waals surface area (Å²) in [5.74, 6) is 1.52. The number of imidazole rings is 1. The molecule has 15 aromatic rings. The summed E-state index contributed by atoms with van der Waals surface area (Å²) >= 11 is 0. The minimum atomic E-state index is -2.73. The molecule has 11 aromatic carbocycles. The quantitative estimate of drug-likeness (QED) is 0.118. The Hall–Kier alpha value is -9.87. The van der Waals surface area contributed by atoms with Crippen LogP contribution >= 0.6 is 0 Å². The molecule has 1 aliphatic rings. The Bertz CT molecular complexity index is 5700. The number of furan rings is 1. The van der Waals surface area contributed by atoms with Gasteiger partial charge in [0.1, 0.15) is 17.0 Å². The second-order valence-corrected chi connectivity index (χ2v) is 22.3. The summed E-state index contributed by atoms with van der Waals surface area (Å²) in [5.41, 5.74) is 12.2. The topological polar surface area (TPSA) is 49.0 Å². The van der Waals surface area contributed by atoms with Crippen molar-refractivity contribution in [3.63, 3.8) is 0 Å². The molecule has 0 radical (unpaired) electrons. The molecular formula is C78H54N4O2Pt-2. The van der Waals surface area contributed by atoms with Crippen LogP contribution in [-0.2, 0) is 26.5 Å². The number of rotatable bonds is 7. The van der Waals surface area contributed by atoms with E-state index in [1.54, 1.807) is 24.3 Å². The summed E-state index contributed by atoms with van der Waals surface area (Å²) in [6.07, 6.45) is 5.61. The zero-order chi connectivity index (χ0) is 65.7. The van der Waals surface area contributed by atoms with Gasteiger partial charge in [-0.15, -0.1) is 29.7 Å². The summed E-state index contributed by atoms with van der Waals surface area (Å²) in [7, 11) is 0. The van der Waals surface area contributed by atoms with Gasteiger partial charge >= 0.3 is 0 Å². The van der Waals surface area contributed by atoms with Crippen molar-refractivity contribution in [3.8, 4) is 95.5 Å². The van der Waals surface area contributed by atoms with Crippen molar-refractivity contribution < 1.29 is 49.9 Å². The molecule has 4 aromatic heterocycles. The van der Waals surface area contributed by atoms with Crippen molar-refractivity contribution in [2.45, 2.75) is 39.9 Å². The molecule has 0 unspecified atom stereocenters. The summed E-state index contributed by atoms with van der Waals surface area (Å²) < 4.78 is 118. The van der Waals surface area contributed by atoms with Crippen molar-refractivity contribution in [2.24, 2.45) is 0 Å². The summed E-state index contributed by atoms with van der Waals surface area (Å²) in [6.45, 7) is 1.08. The van der Waals surface area contributed by atoms with Crippen molar-refractivity contribution in [2.75, 3.05) is 0 Å². The largest absolute Gasteiger partial charge is 0.510 e. The average molecular weight is 1290 g/mol. The van der Waals surface area contributed by atoms with E-state index in [4.69, 9.17) is 26.5 Å². The molecule has 410 valence electrons. The van der Waals surface area contributed by atoms with Crippen molar-refractivity contribution in [3.05, 3.63) is 272 Å². The second kappa shape index (κ2) is 20.2. The molecule has 5 heterocycles. The molecular weight excluding hydrogens is 1220 g/mol. The second-order valence-electron chi connectivity index (χ2n) is 22.3. The predicted octanol–water partition coefficient (Wildman–Crippen LogP) is 19.7. The molecule has 0 fully saturated rings. The van der Waals surface area contributed by atoms with Crippen LogP contribution in [0.15, 0.2) is 241 Å². The van der Waals surface area contributed by atoms with E-state index in [1.165, 1.54) is 18.2 Å². The van der Waals surface area contributed by atoms with E-state index >= 15 is 0 Å². The number of pyridine rings is 1. The zero-order valence-corrected chi connectivity index (χ0v) is 48.3. The van der Waals surface area contributed by atoms with Gasteiger partial charge < -0.3 is 18.3 Å². The molecule has 6 nitrogen and oxygen atoms in total. The van der Waals surface area contributed by atoms with Gasteiger partial charge in [-0.2, -0.15) is 18.2 Å². The maximum absolute atomic E-state index is 9.58. The number of hydrogen-bond donors (Lipinski definition) is 0. The number of aryl methyl sites for hydroxylation is 2. The average Bonchev–Trinajstić information content (AvgIpc) is 1.49. The number of ether oxygens (including phenoxy) is 1. The van der Waals surface area contributed by atoms with Crippen LogP contribution in [0.4, 0.5) is 0 Å². The monoisotopic (exact) mass is 1280 g/mol. The Balaban J connectivity index is 0.00000756. The number of benzene rings is 11. The van der Waals surface area contributed by atoms with Crippen LogP contribution in [0.1, 0.15) is 52.5 Å². The van der Waals surface area contributed by atoms with Crippen LogP contribution in [0.25, 0.3) is 139 Å². The Kier molecular flexibility index (Phi) is 9.78. The fraction of sp³-hybridized carbons (Fsp3) is 0.0769.